The molecule has 0 fully saturated rings. The van der Waals surface area contributed by atoms with Crippen LogP contribution in [0.15, 0.2) is 0 Å². The highest BCUT2D eigenvalue weighted by Crippen LogP contribution is 1.40. The van der Waals surface area contributed by atoms with Crippen LogP contribution in [0.4, 0.5) is 0 Å². The number of quaternary nitrogens is 1. The maximum absolute atomic E-state index is 8.18. The van der Waals surface area contributed by atoms with E-state index < -0.39 is 0 Å². The third kappa shape index (κ3) is 9.79. The van der Waals surface area contributed by atoms with Crippen LogP contribution < -0.4 is 29.3 Å². The number of halogens is 1. The van der Waals surface area contributed by atoms with Crippen LogP contribution in [0.3, 0.4) is 0 Å². The second-order valence-electron chi connectivity index (χ2n) is 1.31. The third-order valence-electron chi connectivity index (χ3n) is 0.666. The minimum atomic E-state index is 0. The van der Waals surface area contributed by atoms with Crippen LogP contribution in [0, 0.1) is 0 Å². The number of rotatable bonds is 4. The van der Waals surface area contributed by atoms with Crippen LogP contribution in [-0.2, 0) is 0 Å². The van der Waals surface area contributed by atoms with Crippen LogP contribution in [0.1, 0.15) is 0 Å². The molecule has 0 aliphatic carbocycles. The Morgan fingerprint density at radius 2 is 1.38 bits per heavy atom. The van der Waals surface area contributed by atoms with Crippen molar-refractivity contribution in [3.8, 4) is 0 Å². The molecule has 0 amide bonds. The standard InChI is InChI=1S/C4H11NO2.HI/c6-3-1-5-2-4-7;/h5-7H,1-4H2;1H. The topological polar surface area (TPSA) is 57.1 Å². The molecule has 0 aliphatic rings. The van der Waals surface area contributed by atoms with Gasteiger partial charge in [0.15, 0.2) is 0 Å². The molecular weight excluding hydrogens is 221 g/mol. The Kier molecular flexibility index (Phi) is 15.1. The first-order valence-electron chi connectivity index (χ1n) is 2.45. The maximum Gasteiger partial charge on any atom is 0.0991 e. The molecule has 0 unspecified atom stereocenters. The zero-order chi connectivity index (χ0) is 5.54. The van der Waals surface area contributed by atoms with Crippen LogP contribution in [0.25, 0.3) is 0 Å². The summed E-state index contributed by atoms with van der Waals surface area (Å²) in [4.78, 5) is 0. The molecule has 0 heterocycles. The molecule has 8 heavy (non-hydrogen) atoms. The van der Waals surface area contributed by atoms with E-state index in [2.05, 4.69) is 0 Å². The summed E-state index contributed by atoms with van der Waals surface area (Å²) < 4.78 is 0. The second-order valence-corrected chi connectivity index (χ2v) is 1.31. The summed E-state index contributed by atoms with van der Waals surface area (Å²) in [7, 11) is 0. The molecule has 0 atom stereocenters. The fourth-order valence-electron chi connectivity index (χ4n) is 0.327. The molecule has 3 nitrogen and oxygen atoms in total. The Hall–Kier alpha value is 0.610. The highest BCUT2D eigenvalue weighted by atomic mass is 127. The number of aliphatic hydroxyl groups excluding tert-OH is 2. The summed E-state index contributed by atoms with van der Waals surface area (Å²) in [6, 6.07) is 0. The van der Waals surface area contributed by atoms with E-state index in [1.54, 1.807) is 0 Å². The fraction of sp³-hybridized carbons (Fsp3) is 1.00. The van der Waals surface area contributed by atoms with Gasteiger partial charge in [-0.15, -0.1) is 0 Å². The summed E-state index contributed by atoms with van der Waals surface area (Å²) in [6.45, 7) is 1.78. The number of nitrogens with two attached hydrogens (primary N) is 1. The van der Waals surface area contributed by atoms with Crippen molar-refractivity contribution in [2.75, 3.05) is 26.3 Å². The Labute approximate surface area is 66.1 Å². The van der Waals surface area contributed by atoms with E-state index in [-0.39, 0.29) is 37.2 Å². The van der Waals surface area contributed by atoms with Crippen molar-refractivity contribution < 1.29 is 39.5 Å². The lowest BCUT2D eigenvalue weighted by Crippen LogP contribution is -3.00. The number of aliphatic hydroxyl groups is 2. The van der Waals surface area contributed by atoms with Crippen LogP contribution in [-0.4, -0.2) is 36.5 Å². The molecule has 0 rings (SSSR count). The first-order chi connectivity index (χ1) is 3.41. The van der Waals surface area contributed by atoms with Crippen molar-refractivity contribution in [1.29, 1.82) is 0 Å². The van der Waals surface area contributed by atoms with Gasteiger partial charge in [0.1, 0.15) is 0 Å². The predicted molar refractivity (Wildman–Crippen MR) is 25.8 cm³/mol. The lowest BCUT2D eigenvalue weighted by Gasteiger charge is -1.91. The van der Waals surface area contributed by atoms with E-state index in [9.17, 15) is 0 Å². The van der Waals surface area contributed by atoms with Crippen molar-refractivity contribution in [3.05, 3.63) is 0 Å². The molecular formula is C4H12INO2. The van der Waals surface area contributed by atoms with Gasteiger partial charge in [-0.2, -0.15) is 0 Å². The molecule has 4 heteroatoms. The quantitative estimate of drug-likeness (QED) is 0.335. The zero-order valence-electron chi connectivity index (χ0n) is 4.68. The Balaban J connectivity index is 0. The van der Waals surface area contributed by atoms with E-state index in [0.29, 0.717) is 13.1 Å². The van der Waals surface area contributed by atoms with Gasteiger partial charge in [-0.05, 0) is 0 Å². The molecule has 52 valence electrons. The molecule has 0 spiro atoms. The average Bonchev–Trinajstić information content (AvgIpc) is 1.69. The molecule has 0 bridgehead atoms. The van der Waals surface area contributed by atoms with Gasteiger partial charge in [0, 0.05) is 0 Å². The van der Waals surface area contributed by atoms with E-state index in [1.807, 2.05) is 5.32 Å². The van der Waals surface area contributed by atoms with E-state index in [1.165, 1.54) is 0 Å². The summed E-state index contributed by atoms with van der Waals surface area (Å²) in [5.74, 6) is 0. The smallest absolute Gasteiger partial charge is 0.0991 e. The second kappa shape index (κ2) is 10.6. The van der Waals surface area contributed by atoms with Gasteiger partial charge in [-0.3, -0.25) is 0 Å². The van der Waals surface area contributed by atoms with Crippen molar-refractivity contribution in [1.82, 2.24) is 0 Å². The van der Waals surface area contributed by atoms with Crippen molar-refractivity contribution >= 4 is 0 Å². The van der Waals surface area contributed by atoms with E-state index in [0.717, 1.165) is 0 Å². The summed E-state index contributed by atoms with van der Waals surface area (Å²) in [5, 5.41) is 18.2. The molecule has 0 aromatic carbocycles. The minimum absolute atomic E-state index is 0. The van der Waals surface area contributed by atoms with Gasteiger partial charge in [-0.1, -0.05) is 0 Å². The van der Waals surface area contributed by atoms with E-state index in [4.69, 9.17) is 10.2 Å². The maximum atomic E-state index is 8.18. The van der Waals surface area contributed by atoms with E-state index >= 15 is 0 Å². The summed E-state index contributed by atoms with van der Waals surface area (Å²) in [6.07, 6.45) is 0. The summed E-state index contributed by atoms with van der Waals surface area (Å²) >= 11 is 0. The van der Waals surface area contributed by atoms with Crippen LogP contribution in [0.2, 0.25) is 0 Å². The van der Waals surface area contributed by atoms with Gasteiger partial charge in [-0.25, -0.2) is 0 Å². The normalized spacial score (nSPS) is 8.25. The van der Waals surface area contributed by atoms with Crippen molar-refractivity contribution in [2.24, 2.45) is 0 Å². The molecule has 0 saturated heterocycles. The molecule has 0 aliphatic heterocycles. The van der Waals surface area contributed by atoms with Crippen LogP contribution in [0.5, 0.6) is 0 Å². The number of hydrogen-bond donors (Lipinski definition) is 3. The van der Waals surface area contributed by atoms with Gasteiger partial charge in [0.2, 0.25) is 0 Å². The van der Waals surface area contributed by atoms with Gasteiger partial charge < -0.3 is 39.5 Å². The zero-order valence-corrected chi connectivity index (χ0v) is 6.84. The molecule has 0 aromatic heterocycles. The Morgan fingerprint density at radius 1 is 1.00 bits per heavy atom. The van der Waals surface area contributed by atoms with Gasteiger partial charge >= 0.3 is 0 Å². The van der Waals surface area contributed by atoms with Crippen LogP contribution >= 0.6 is 0 Å². The van der Waals surface area contributed by atoms with Crippen molar-refractivity contribution in [2.45, 2.75) is 0 Å². The average molecular weight is 233 g/mol. The predicted octanol–water partition coefficient (Wildman–Crippen LogP) is -5.46. The Bertz CT molecular complexity index is 33.2. The summed E-state index contributed by atoms with van der Waals surface area (Å²) in [5.41, 5.74) is 0. The lowest BCUT2D eigenvalue weighted by molar-refractivity contribution is -0.657. The SMILES string of the molecule is OCC[NH2+]CCO.[I-]. The molecule has 0 radical (unpaired) electrons. The first-order valence-corrected chi connectivity index (χ1v) is 2.45. The minimum Gasteiger partial charge on any atom is -1.00 e. The third-order valence-corrected chi connectivity index (χ3v) is 0.666. The first kappa shape index (κ1) is 11.4. The molecule has 4 N–H and O–H groups in total. The molecule has 0 aromatic rings. The van der Waals surface area contributed by atoms with Gasteiger partial charge in [0.05, 0.1) is 26.3 Å². The van der Waals surface area contributed by atoms with Gasteiger partial charge in [0.25, 0.3) is 0 Å². The highest BCUT2D eigenvalue weighted by Gasteiger charge is 1.82. The molecule has 0 saturated carbocycles. The highest BCUT2D eigenvalue weighted by molar-refractivity contribution is 4.15. The monoisotopic (exact) mass is 233 g/mol. The Morgan fingerprint density at radius 3 is 1.62 bits per heavy atom. The number of hydrogen-bond acceptors (Lipinski definition) is 2. The lowest BCUT2D eigenvalue weighted by atomic mass is 10.6. The largest absolute Gasteiger partial charge is 1.00 e. The van der Waals surface area contributed by atoms with Crippen molar-refractivity contribution in [3.63, 3.8) is 0 Å². The fourth-order valence-corrected chi connectivity index (χ4v) is 0.327.